The zero-order valence-electron chi connectivity index (χ0n) is 16.2. The Hall–Kier alpha value is -3.16. The van der Waals surface area contributed by atoms with Gasteiger partial charge >= 0.3 is 12.0 Å². The number of benzene rings is 1. The molecule has 0 atom stereocenters. The second-order valence-electron chi connectivity index (χ2n) is 7.76. The third-order valence-corrected chi connectivity index (χ3v) is 5.61. The van der Waals surface area contributed by atoms with E-state index in [1.54, 1.807) is 0 Å². The van der Waals surface area contributed by atoms with Crippen LogP contribution in [-0.4, -0.2) is 39.9 Å². The molecule has 0 radical (unpaired) electrons. The van der Waals surface area contributed by atoms with Gasteiger partial charge in [0.05, 0.1) is 0 Å². The lowest BCUT2D eigenvalue weighted by molar-refractivity contribution is -0.149. The Morgan fingerprint density at radius 1 is 1.28 bits per heavy atom. The highest BCUT2D eigenvalue weighted by molar-refractivity contribution is 6.08. The smallest absolute Gasteiger partial charge is 0.326 e. The molecular weight excluding hydrogens is 374 g/mol. The monoisotopic (exact) mass is 397 g/mol. The molecule has 1 saturated heterocycles. The lowest BCUT2D eigenvalue weighted by Crippen LogP contribution is -2.49. The molecule has 4 rings (SSSR count). The molecule has 2 aromatic rings. The summed E-state index contributed by atoms with van der Waals surface area (Å²) in [5.74, 6) is -0.0371. The molecule has 2 heterocycles. The van der Waals surface area contributed by atoms with E-state index < -0.39 is 24.1 Å². The van der Waals surface area contributed by atoms with Crippen LogP contribution < -0.4 is 5.32 Å². The summed E-state index contributed by atoms with van der Waals surface area (Å²) in [6.45, 7) is 1.63. The second kappa shape index (κ2) is 7.69. The average Bonchev–Trinajstić information content (AvgIpc) is 3.29. The minimum atomic E-state index is -0.861. The number of esters is 1. The fourth-order valence-corrected chi connectivity index (χ4v) is 3.83. The van der Waals surface area contributed by atoms with Gasteiger partial charge in [0.2, 0.25) is 5.89 Å². The van der Waals surface area contributed by atoms with Crippen molar-refractivity contribution in [2.45, 2.75) is 44.8 Å². The number of urea groups is 1. The van der Waals surface area contributed by atoms with Gasteiger partial charge in [-0.1, -0.05) is 25.1 Å². The lowest BCUT2D eigenvalue weighted by Gasteiger charge is -2.33. The zero-order chi connectivity index (χ0) is 20.4. The number of ether oxygens (including phenoxy) is 1. The standard InChI is InChI=1S/C21H23N3O5/c1-14-7-9-21(10-8-14)19(26)24(20(27)23-21)11-17(25)28-12-16-13-29-18(22-16)15-5-3-2-4-6-15/h2-6,13-14H,7-12H2,1H3,(H,23,27). The molecule has 1 spiro atoms. The quantitative estimate of drug-likeness (QED) is 0.615. The molecule has 8 heteroatoms. The van der Waals surface area contributed by atoms with Gasteiger partial charge in [-0.15, -0.1) is 0 Å². The number of oxazole rings is 1. The maximum atomic E-state index is 12.8. The number of imide groups is 1. The van der Waals surface area contributed by atoms with E-state index in [0.29, 0.717) is 30.3 Å². The molecule has 1 aliphatic heterocycles. The van der Waals surface area contributed by atoms with Crippen LogP contribution in [0, 0.1) is 5.92 Å². The van der Waals surface area contributed by atoms with E-state index >= 15 is 0 Å². The maximum absolute atomic E-state index is 12.8. The number of carbonyl (C=O) groups is 3. The first-order valence-electron chi connectivity index (χ1n) is 9.76. The predicted molar refractivity (Wildman–Crippen MR) is 102 cm³/mol. The second-order valence-corrected chi connectivity index (χ2v) is 7.76. The Balaban J connectivity index is 1.33. The Morgan fingerprint density at radius 2 is 2.00 bits per heavy atom. The molecule has 2 aliphatic rings. The maximum Gasteiger partial charge on any atom is 0.326 e. The van der Waals surface area contributed by atoms with Crippen molar-refractivity contribution in [3.63, 3.8) is 0 Å². The van der Waals surface area contributed by atoms with Crippen LogP contribution in [-0.2, 0) is 20.9 Å². The van der Waals surface area contributed by atoms with Crippen molar-refractivity contribution >= 4 is 17.9 Å². The number of nitrogens with zero attached hydrogens (tertiary/aromatic N) is 2. The van der Waals surface area contributed by atoms with Gasteiger partial charge in [0.25, 0.3) is 5.91 Å². The molecule has 2 fully saturated rings. The summed E-state index contributed by atoms with van der Waals surface area (Å²) in [7, 11) is 0. The molecule has 29 heavy (non-hydrogen) atoms. The largest absolute Gasteiger partial charge is 0.458 e. The highest BCUT2D eigenvalue weighted by Gasteiger charge is 2.52. The van der Waals surface area contributed by atoms with E-state index in [9.17, 15) is 14.4 Å². The number of aromatic nitrogens is 1. The van der Waals surface area contributed by atoms with Crippen LogP contribution in [0.4, 0.5) is 4.79 Å². The summed E-state index contributed by atoms with van der Waals surface area (Å²) in [6, 6.07) is 8.83. The van der Waals surface area contributed by atoms with E-state index in [1.807, 2.05) is 30.3 Å². The average molecular weight is 397 g/mol. The topological polar surface area (TPSA) is 102 Å². The van der Waals surface area contributed by atoms with Crippen LogP contribution in [0.15, 0.2) is 41.0 Å². The SMILES string of the molecule is CC1CCC2(CC1)NC(=O)N(CC(=O)OCc1coc(-c3ccccc3)n1)C2=O. The fraction of sp³-hybridized carbons (Fsp3) is 0.429. The molecule has 1 saturated carbocycles. The number of nitrogens with one attached hydrogen (secondary N) is 1. The van der Waals surface area contributed by atoms with Gasteiger partial charge in [-0.2, -0.15) is 0 Å². The first kappa shape index (κ1) is 19.2. The van der Waals surface area contributed by atoms with Crippen LogP contribution in [0.25, 0.3) is 11.5 Å². The summed E-state index contributed by atoms with van der Waals surface area (Å²) in [4.78, 5) is 42.5. The van der Waals surface area contributed by atoms with Crippen molar-refractivity contribution in [2.75, 3.05) is 6.54 Å². The van der Waals surface area contributed by atoms with E-state index in [-0.39, 0.29) is 12.5 Å². The highest BCUT2D eigenvalue weighted by atomic mass is 16.5. The lowest BCUT2D eigenvalue weighted by atomic mass is 9.77. The number of hydrogen-bond donors (Lipinski definition) is 1. The van der Waals surface area contributed by atoms with Gasteiger partial charge in [0.1, 0.15) is 30.6 Å². The molecule has 1 N–H and O–H groups in total. The van der Waals surface area contributed by atoms with E-state index in [1.165, 1.54) is 6.26 Å². The normalized spacial score (nSPS) is 24.0. The third-order valence-electron chi connectivity index (χ3n) is 5.61. The molecule has 0 unspecified atom stereocenters. The highest BCUT2D eigenvalue weighted by Crippen LogP contribution is 2.36. The molecule has 1 aromatic heterocycles. The van der Waals surface area contributed by atoms with Crippen molar-refractivity contribution < 1.29 is 23.5 Å². The Bertz CT molecular complexity index is 915. The van der Waals surface area contributed by atoms with Gasteiger partial charge < -0.3 is 14.5 Å². The number of rotatable bonds is 5. The molecular formula is C21H23N3O5. The van der Waals surface area contributed by atoms with Crippen molar-refractivity contribution in [1.29, 1.82) is 0 Å². The Morgan fingerprint density at radius 3 is 2.72 bits per heavy atom. The van der Waals surface area contributed by atoms with Crippen molar-refractivity contribution in [3.05, 3.63) is 42.3 Å². The Kier molecular flexibility index (Phi) is 5.08. The number of amides is 3. The van der Waals surface area contributed by atoms with Crippen LogP contribution in [0.1, 0.15) is 38.3 Å². The van der Waals surface area contributed by atoms with Gasteiger partial charge in [-0.05, 0) is 43.7 Å². The molecule has 1 aromatic carbocycles. The summed E-state index contributed by atoms with van der Waals surface area (Å²) in [6.07, 6.45) is 4.37. The van der Waals surface area contributed by atoms with Gasteiger partial charge in [0, 0.05) is 5.56 Å². The first-order valence-corrected chi connectivity index (χ1v) is 9.76. The molecule has 152 valence electrons. The van der Waals surface area contributed by atoms with E-state index in [0.717, 1.165) is 23.3 Å². The summed E-state index contributed by atoms with van der Waals surface area (Å²) in [5, 5.41) is 2.79. The first-order chi connectivity index (χ1) is 14.0. The molecule has 0 bridgehead atoms. The van der Waals surface area contributed by atoms with E-state index in [4.69, 9.17) is 9.15 Å². The minimum Gasteiger partial charge on any atom is -0.458 e. The van der Waals surface area contributed by atoms with Crippen LogP contribution in [0.5, 0.6) is 0 Å². The third kappa shape index (κ3) is 3.87. The zero-order valence-corrected chi connectivity index (χ0v) is 16.2. The Labute approximate surface area is 168 Å². The van der Waals surface area contributed by atoms with Gasteiger partial charge in [0.15, 0.2) is 0 Å². The fourth-order valence-electron chi connectivity index (χ4n) is 3.83. The summed E-state index contributed by atoms with van der Waals surface area (Å²) >= 11 is 0. The van der Waals surface area contributed by atoms with Crippen molar-refractivity contribution in [2.24, 2.45) is 5.92 Å². The molecule has 3 amide bonds. The van der Waals surface area contributed by atoms with Crippen molar-refractivity contribution in [1.82, 2.24) is 15.2 Å². The number of carbonyl (C=O) groups excluding carboxylic acids is 3. The molecule has 8 nitrogen and oxygen atoms in total. The van der Waals surface area contributed by atoms with Crippen LogP contribution in [0.3, 0.4) is 0 Å². The van der Waals surface area contributed by atoms with Gasteiger partial charge in [-0.3, -0.25) is 14.5 Å². The van der Waals surface area contributed by atoms with Crippen LogP contribution >= 0.6 is 0 Å². The van der Waals surface area contributed by atoms with Gasteiger partial charge in [-0.25, -0.2) is 9.78 Å². The van der Waals surface area contributed by atoms with Crippen molar-refractivity contribution in [3.8, 4) is 11.5 Å². The van der Waals surface area contributed by atoms with Crippen LogP contribution in [0.2, 0.25) is 0 Å². The minimum absolute atomic E-state index is 0.0958. The number of hydrogen-bond acceptors (Lipinski definition) is 6. The predicted octanol–water partition coefficient (Wildman–Crippen LogP) is 2.89. The summed E-state index contributed by atoms with van der Waals surface area (Å²) < 4.78 is 10.6. The summed E-state index contributed by atoms with van der Waals surface area (Å²) in [5.41, 5.74) is 0.407. The van der Waals surface area contributed by atoms with E-state index in [2.05, 4.69) is 17.2 Å². The molecule has 1 aliphatic carbocycles.